The summed E-state index contributed by atoms with van der Waals surface area (Å²) in [5.74, 6) is 0.679. The third kappa shape index (κ3) is 4.21. The summed E-state index contributed by atoms with van der Waals surface area (Å²) in [6.07, 6.45) is 4.58. The topological polar surface area (TPSA) is 68.5 Å². The molecular formula is C14H21N3O2. The van der Waals surface area contributed by atoms with Crippen LogP contribution in [0.3, 0.4) is 0 Å². The fourth-order valence-corrected chi connectivity index (χ4v) is 2.15. The first-order valence-corrected chi connectivity index (χ1v) is 6.76. The van der Waals surface area contributed by atoms with Gasteiger partial charge in [-0.25, -0.2) is 0 Å². The average Bonchev–Trinajstić information content (AvgIpc) is 2.91. The molecule has 0 aromatic carbocycles. The number of amides is 1. The van der Waals surface area contributed by atoms with Gasteiger partial charge in [0.1, 0.15) is 5.75 Å². The van der Waals surface area contributed by atoms with Crippen LogP contribution in [0, 0.1) is 0 Å². The van der Waals surface area contributed by atoms with Crippen LogP contribution in [0.15, 0.2) is 18.3 Å². The fraction of sp³-hybridized carbons (Fsp3) is 0.571. The fourth-order valence-electron chi connectivity index (χ4n) is 2.15. The SMILES string of the molecule is CC(N)Cc1ccc(OCC(=O)N2CCCC2)cn1. The summed E-state index contributed by atoms with van der Waals surface area (Å²) in [5, 5.41) is 0. The zero-order chi connectivity index (χ0) is 13.7. The first kappa shape index (κ1) is 13.8. The molecule has 19 heavy (non-hydrogen) atoms. The van der Waals surface area contributed by atoms with E-state index in [2.05, 4.69) is 4.98 Å². The normalized spacial score (nSPS) is 16.4. The lowest BCUT2D eigenvalue weighted by Gasteiger charge is -2.15. The molecule has 0 spiro atoms. The second-order valence-electron chi connectivity index (χ2n) is 5.04. The van der Waals surface area contributed by atoms with Gasteiger partial charge >= 0.3 is 0 Å². The lowest BCUT2D eigenvalue weighted by atomic mass is 10.2. The minimum atomic E-state index is 0.0529. The molecule has 1 fully saturated rings. The standard InChI is InChI=1S/C14H21N3O2/c1-11(15)8-12-4-5-13(9-16-12)19-10-14(18)17-6-2-3-7-17/h4-5,9,11H,2-3,6-8,10,15H2,1H3. The van der Waals surface area contributed by atoms with Gasteiger partial charge in [-0.3, -0.25) is 9.78 Å². The predicted molar refractivity (Wildman–Crippen MR) is 72.9 cm³/mol. The molecule has 1 aromatic heterocycles. The van der Waals surface area contributed by atoms with Gasteiger partial charge in [-0.05, 0) is 31.9 Å². The molecule has 2 heterocycles. The molecule has 0 saturated carbocycles. The summed E-state index contributed by atoms with van der Waals surface area (Å²) in [7, 11) is 0. The second-order valence-corrected chi connectivity index (χ2v) is 5.04. The third-order valence-electron chi connectivity index (χ3n) is 3.15. The molecule has 1 aromatic rings. The van der Waals surface area contributed by atoms with Crippen LogP contribution < -0.4 is 10.5 Å². The number of rotatable bonds is 5. The summed E-state index contributed by atoms with van der Waals surface area (Å²) in [4.78, 5) is 17.9. The highest BCUT2D eigenvalue weighted by molar-refractivity contribution is 5.77. The highest BCUT2D eigenvalue weighted by Gasteiger charge is 2.18. The van der Waals surface area contributed by atoms with Gasteiger partial charge in [0.15, 0.2) is 6.61 Å². The second kappa shape index (κ2) is 6.52. The summed E-state index contributed by atoms with van der Waals surface area (Å²) < 4.78 is 5.46. The Morgan fingerprint density at radius 1 is 1.47 bits per heavy atom. The van der Waals surface area contributed by atoms with Crippen molar-refractivity contribution < 1.29 is 9.53 Å². The van der Waals surface area contributed by atoms with E-state index < -0.39 is 0 Å². The molecule has 1 aliphatic rings. The van der Waals surface area contributed by atoms with Gasteiger partial charge in [-0.1, -0.05) is 0 Å². The van der Waals surface area contributed by atoms with E-state index in [1.54, 1.807) is 6.20 Å². The summed E-state index contributed by atoms with van der Waals surface area (Å²) in [5.41, 5.74) is 6.65. The van der Waals surface area contributed by atoms with Crippen LogP contribution in [0.5, 0.6) is 5.75 Å². The van der Waals surface area contributed by atoms with Crippen LogP contribution in [-0.4, -0.2) is 41.5 Å². The molecule has 1 aliphatic heterocycles. The van der Waals surface area contributed by atoms with Crippen LogP contribution in [0.25, 0.3) is 0 Å². The number of aromatic nitrogens is 1. The first-order chi connectivity index (χ1) is 9.15. The molecule has 1 atom stereocenters. The van der Waals surface area contributed by atoms with Gasteiger partial charge in [0.25, 0.3) is 5.91 Å². The van der Waals surface area contributed by atoms with Crippen molar-refractivity contribution in [3.8, 4) is 5.75 Å². The molecular weight excluding hydrogens is 242 g/mol. The Bertz CT molecular complexity index is 411. The van der Waals surface area contributed by atoms with Crippen molar-refractivity contribution >= 4 is 5.91 Å². The van der Waals surface area contributed by atoms with E-state index in [1.165, 1.54) is 0 Å². The molecule has 104 valence electrons. The summed E-state index contributed by atoms with van der Waals surface area (Å²) in [6, 6.07) is 3.82. The number of pyridine rings is 1. The van der Waals surface area contributed by atoms with Crippen molar-refractivity contribution in [2.45, 2.75) is 32.2 Å². The number of carbonyl (C=O) groups excluding carboxylic acids is 1. The summed E-state index contributed by atoms with van der Waals surface area (Å²) in [6.45, 7) is 3.75. The Morgan fingerprint density at radius 3 is 2.79 bits per heavy atom. The van der Waals surface area contributed by atoms with Crippen molar-refractivity contribution in [2.75, 3.05) is 19.7 Å². The van der Waals surface area contributed by atoms with Crippen LogP contribution in [-0.2, 0) is 11.2 Å². The molecule has 0 bridgehead atoms. The van der Waals surface area contributed by atoms with Crippen molar-refractivity contribution in [3.05, 3.63) is 24.0 Å². The lowest BCUT2D eigenvalue weighted by Crippen LogP contribution is -2.32. The molecule has 1 saturated heterocycles. The van der Waals surface area contributed by atoms with Gasteiger partial charge in [0, 0.05) is 31.2 Å². The van der Waals surface area contributed by atoms with E-state index in [-0.39, 0.29) is 18.6 Å². The maximum Gasteiger partial charge on any atom is 0.260 e. The van der Waals surface area contributed by atoms with Crippen LogP contribution in [0.1, 0.15) is 25.5 Å². The smallest absolute Gasteiger partial charge is 0.260 e. The van der Waals surface area contributed by atoms with E-state index in [9.17, 15) is 4.79 Å². The first-order valence-electron chi connectivity index (χ1n) is 6.76. The van der Waals surface area contributed by atoms with Gasteiger partial charge < -0.3 is 15.4 Å². The molecule has 0 aliphatic carbocycles. The molecule has 5 heteroatoms. The molecule has 2 rings (SSSR count). The Morgan fingerprint density at radius 2 is 2.21 bits per heavy atom. The highest BCUT2D eigenvalue weighted by Crippen LogP contribution is 2.12. The largest absolute Gasteiger partial charge is 0.482 e. The number of hydrogen-bond acceptors (Lipinski definition) is 4. The number of nitrogens with two attached hydrogens (primary N) is 1. The van der Waals surface area contributed by atoms with E-state index in [0.29, 0.717) is 5.75 Å². The van der Waals surface area contributed by atoms with Gasteiger partial charge in [0.2, 0.25) is 0 Å². The zero-order valence-corrected chi connectivity index (χ0v) is 11.3. The van der Waals surface area contributed by atoms with E-state index >= 15 is 0 Å². The van der Waals surface area contributed by atoms with E-state index in [4.69, 9.17) is 10.5 Å². The maximum absolute atomic E-state index is 11.8. The van der Waals surface area contributed by atoms with Crippen LogP contribution in [0.2, 0.25) is 0 Å². The van der Waals surface area contributed by atoms with Gasteiger partial charge in [-0.15, -0.1) is 0 Å². The van der Waals surface area contributed by atoms with Crippen molar-refractivity contribution in [1.29, 1.82) is 0 Å². The highest BCUT2D eigenvalue weighted by atomic mass is 16.5. The Hall–Kier alpha value is -1.62. The van der Waals surface area contributed by atoms with Crippen LogP contribution >= 0.6 is 0 Å². The Labute approximate surface area is 113 Å². The quantitative estimate of drug-likeness (QED) is 0.859. The molecule has 5 nitrogen and oxygen atoms in total. The maximum atomic E-state index is 11.8. The van der Waals surface area contributed by atoms with Crippen molar-refractivity contribution in [2.24, 2.45) is 5.73 Å². The minimum absolute atomic E-state index is 0.0529. The minimum Gasteiger partial charge on any atom is -0.482 e. The lowest BCUT2D eigenvalue weighted by molar-refractivity contribution is -0.132. The Kier molecular flexibility index (Phi) is 4.74. The van der Waals surface area contributed by atoms with Gasteiger partial charge in [0.05, 0.1) is 6.20 Å². The molecule has 0 radical (unpaired) electrons. The van der Waals surface area contributed by atoms with Gasteiger partial charge in [-0.2, -0.15) is 0 Å². The Balaban J connectivity index is 1.80. The summed E-state index contributed by atoms with van der Waals surface area (Å²) >= 11 is 0. The zero-order valence-electron chi connectivity index (χ0n) is 11.3. The van der Waals surface area contributed by atoms with E-state index in [1.807, 2.05) is 24.0 Å². The van der Waals surface area contributed by atoms with Crippen molar-refractivity contribution in [1.82, 2.24) is 9.88 Å². The number of likely N-dealkylation sites (tertiary alicyclic amines) is 1. The molecule has 2 N–H and O–H groups in total. The average molecular weight is 263 g/mol. The number of hydrogen-bond donors (Lipinski definition) is 1. The third-order valence-corrected chi connectivity index (χ3v) is 3.15. The van der Waals surface area contributed by atoms with Crippen molar-refractivity contribution in [3.63, 3.8) is 0 Å². The predicted octanol–water partition coefficient (Wildman–Crippen LogP) is 0.972. The van der Waals surface area contributed by atoms with Crippen LogP contribution in [0.4, 0.5) is 0 Å². The monoisotopic (exact) mass is 263 g/mol. The number of ether oxygens (including phenoxy) is 1. The molecule has 1 unspecified atom stereocenters. The number of nitrogens with zero attached hydrogens (tertiary/aromatic N) is 2. The molecule has 1 amide bonds. The van der Waals surface area contributed by atoms with E-state index in [0.717, 1.165) is 38.0 Å². The number of carbonyl (C=O) groups is 1.